The van der Waals surface area contributed by atoms with Gasteiger partial charge in [0.25, 0.3) is 0 Å². The molecule has 13 heavy (non-hydrogen) atoms. The van der Waals surface area contributed by atoms with Gasteiger partial charge in [-0.1, -0.05) is 19.8 Å². The third-order valence-corrected chi connectivity index (χ3v) is 2.42. The number of hydrogen-bond donors (Lipinski definition) is 2. The van der Waals surface area contributed by atoms with E-state index in [0.717, 1.165) is 12.8 Å². The minimum atomic E-state index is -0.825. The van der Waals surface area contributed by atoms with Crippen molar-refractivity contribution in [3.8, 4) is 0 Å². The first-order valence-corrected chi connectivity index (χ1v) is 4.77. The highest BCUT2D eigenvalue weighted by molar-refractivity contribution is 5.79. The Morgan fingerprint density at radius 2 is 2.46 bits per heavy atom. The highest BCUT2D eigenvalue weighted by Gasteiger charge is 2.39. The van der Waals surface area contributed by atoms with Gasteiger partial charge >= 0.3 is 5.97 Å². The molecule has 0 bridgehead atoms. The summed E-state index contributed by atoms with van der Waals surface area (Å²) in [5, 5.41) is 12.1. The molecule has 1 atom stereocenters. The van der Waals surface area contributed by atoms with Gasteiger partial charge in [0.2, 0.25) is 0 Å². The third-order valence-electron chi connectivity index (χ3n) is 2.42. The van der Waals surface area contributed by atoms with E-state index in [1.54, 1.807) is 0 Å². The summed E-state index contributed by atoms with van der Waals surface area (Å²) in [6.45, 7) is 3.60. The Balaban J connectivity index is 2.56. The first kappa shape index (κ1) is 10.5. The minimum Gasteiger partial charge on any atom is -0.480 e. The maximum atomic E-state index is 11.0. The van der Waals surface area contributed by atoms with E-state index >= 15 is 0 Å². The summed E-state index contributed by atoms with van der Waals surface area (Å²) in [5.74, 6) is -0.791. The summed E-state index contributed by atoms with van der Waals surface area (Å²) in [6, 6.07) is 0. The molecule has 4 nitrogen and oxygen atoms in total. The van der Waals surface area contributed by atoms with E-state index in [4.69, 9.17) is 9.84 Å². The third kappa shape index (κ3) is 2.42. The van der Waals surface area contributed by atoms with Crippen LogP contribution in [0.25, 0.3) is 0 Å². The molecular weight excluding hydrogens is 170 g/mol. The summed E-state index contributed by atoms with van der Waals surface area (Å²) < 4.78 is 5.20. The van der Waals surface area contributed by atoms with Crippen LogP contribution in [-0.4, -0.2) is 36.4 Å². The smallest absolute Gasteiger partial charge is 0.326 e. The van der Waals surface area contributed by atoms with Gasteiger partial charge in [0, 0.05) is 6.54 Å². The van der Waals surface area contributed by atoms with Crippen LogP contribution in [0.1, 0.15) is 26.2 Å². The van der Waals surface area contributed by atoms with Crippen molar-refractivity contribution in [1.29, 1.82) is 0 Å². The molecule has 1 rings (SSSR count). The number of ether oxygens (including phenoxy) is 1. The Labute approximate surface area is 78.3 Å². The number of morpholine rings is 1. The largest absolute Gasteiger partial charge is 0.480 e. The second-order valence-electron chi connectivity index (χ2n) is 3.47. The topological polar surface area (TPSA) is 58.6 Å². The fraction of sp³-hybridized carbons (Fsp3) is 0.889. The molecule has 1 aliphatic rings. The van der Waals surface area contributed by atoms with Crippen LogP contribution < -0.4 is 5.32 Å². The zero-order valence-corrected chi connectivity index (χ0v) is 8.01. The summed E-state index contributed by atoms with van der Waals surface area (Å²) in [7, 11) is 0. The van der Waals surface area contributed by atoms with Crippen LogP contribution in [0, 0.1) is 0 Å². The number of aliphatic carboxylic acids is 1. The van der Waals surface area contributed by atoms with Crippen molar-refractivity contribution < 1.29 is 14.6 Å². The molecule has 1 heterocycles. The van der Waals surface area contributed by atoms with Gasteiger partial charge in [-0.05, 0) is 6.42 Å². The van der Waals surface area contributed by atoms with E-state index < -0.39 is 11.5 Å². The maximum Gasteiger partial charge on any atom is 0.326 e. The lowest BCUT2D eigenvalue weighted by atomic mass is 9.92. The number of carboxylic acid groups (broad SMARTS) is 1. The number of carboxylic acids is 1. The van der Waals surface area contributed by atoms with Crippen LogP contribution in [0.15, 0.2) is 0 Å². The molecule has 1 aliphatic heterocycles. The normalized spacial score (nSPS) is 28.7. The molecule has 1 saturated heterocycles. The highest BCUT2D eigenvalue weighted by atomic mass is 16.5. The van der Waals surface area contributed by atoms with Crippen molar-refractivity contribution in [2.24, 2.45) is 0 Å². The minimum absolute atomic E-state index is 0.294. The average Bonchev–Trinajstić information content (AvgIpc) is 2.16. The Morgan fingerprint density at radius 1 is 1.69 bits per heavy atom. The molecular formula is C9H17NO3. The molecule has 0 amide bonds. The van der Waals surface area contributed by atoms with Crippen molar-refractivity contribution in [1.82, 2.24) is 5.32 Å². The Morgan fingerprint density at radius 3 is 2.92 bits per heavy atom. The molecule has 0 aromatic carbocycles. The van der Waals surface area contributed by atoms with Crippen molar-refractivity contribution in [3.05, 3.63) is 0 Å². The second kappa shape index (κ2) is 4.58. The Bertz CT molecular complexity index is 176. The molecule has 1 fully saturated rings. The maximum absolute atomic E-state index is 11.0. The second-order valence-corrected chi connectivity index (χ2v) is 3.47. The Kier molecular flexibility index (Phi) is 3.69. The van der Waals surface area contributed by atoms with Gasteiger partial charge in [0.1, 0.15) is 5.54 Å². The number of hydrogen-bond acceptors (Lipinski definition) is 3. The van der Waals surface area contributed by atoms with E-state index in [1.807, 2.05) is 0 Å². The van der Waals surface area contributed by atoms with Crippen LogP contribution >= 0.6 is 0 Å². The number of nitrogens with one attached hydrogen (secondary N) is 1. The number of unbranched alkanes of at least 4 members (excludes halogenated alkanes) is 1. The molecule has 1 unspecified atom stereocenters. The number of rotatable bonds is 4. The molecule has 0 aromatic heterocycles. The van der Waals surface area contributed by atoms with Gasteiger partial charge in [0.15, 0.2) is 0 Å². The van der Waals surface area contributed by atoms with Gasteiger partial charge < -0.3 is 9.84 Å². The van der Waals surface area contributed by atoms with E-state index in [1.165, 1.54) is 0 Å². The van der Waals surface area contributed by atoms with E-state index in [9.17, 15) is 4.79 Å². The lowest BCUT2D eigenvalue weighted by Gasteiger charge is -2.34. The molecule has 2 N–H and O–H groups in total. The quantitative estimate of drug-likeness (QED) is 0.677. The van der Waals surface area contributed by atoms with Crippen LogP contribution in [0.3, 0.4) is 0 Å². The van der Waals surface area contributed by atoms with E-state index in [-0.39, 0.29) is 0 Å². The van der Waals surface area contributed by atoms with Crippen molar-refractivity contribution in [2.45, 2.75) is 31.7 Å². The molecule has 4 heteroatoms. The SMILES string of the molecule is CCCCC1(C(=O)O)COCCN1. The molecule has 0 saturated carbocycles. The Hall–Kier alpha value is -0.610. The standard InChI is InChI=1S/C9H17NO3/c1-2-3-4-9(8(11)12)7-13-6-5-10-9/h10H,2-7H2,1H3,(H,11,12). The highest BCUT2D eigenvalue weighted by Crippen LogP contribution is 2.17. The fourth-order valence-corrected chi connectivity index (χ4v) is 1.54. The lowest BCUT2D eigenvalue weighted by Crippen LogP contribution is -2.59. The molecule has 0 aliphatic carbocycles. The van der Waals surface area contributed by atoms with Gasteiger partial charge in [0.05, 0.1) is 13.2 Å². The van der Waals surface area contributed by atoms with Crippen molar-refractivity contribution in [2.75, 3.05) is 19.8 Å². The summed E-state index contributed by atoms with van der Waals surface area (Å²) in [6.07, 6.45) is 2.58. The van der Waals surface area contributed by atoms with Gasteiger partial charge in [-0.15, -0.1) is 0 Å². The zero-order valence-electron chi connectivity index (χ0n) is 8.01. The van der Waals surface area contributed by atoms with Gasteiger partial charge in [-0.2, -0.15) is 0 Å². The average molecular weight is 187 g/mol. The molecule has 76 valence electrons. The summed E-state index contributed by atoms with van der Waals surface area (Å²) in [5.41, 5.74) is -0.825. The van der Waals surface area contributed by atoms with Gasteiger partial charge in [-0.3, -0.25) is 10.1 Å². The van der Waals surface area contributed by atoms with Crippen LogP contribution in [0.2, 0.25) is 0 Å². The van der Waals surface area contributed by atoms with Crippen molar-refractivity contribution in [3.63, 3.8) is 0 Å². The van der Waals surface area contributed by atoms with E-state index in [2.05, 4.69) is 12.2 Å². The van der Waals surface area contributed by atoms with Crippen LogP contribution in [0.4, 0.5) is 0 Å². The van der Waals surface area contributed by atoms with Crippen LogP contribution in [0.5, 0.6) is 0 Å². The predicted octanol–water partition coefficient (Wildman–Crippen LogP) is 0.620. The summed E-state index contributed by atoms with van der Waals surface area (Å²) >= 11 is 0. The first-order chi connectivity index (χ1) is 6.21. The van der Waals surface area contributed by atoms with E-state index in [0.29, 0.717) is 26.2 Å². The molecule has 0 spiro atoms. The fourth-order valence-electron chi connectivity index (χ4n) is 1.54. The van der Waals surface area contributed by atoms with Crippen LogP contribution in [-0.2, 0) is 9.53 Å². The lowest BCUT2D eigenvalue weighted by molar-refractivity contribution is -0.150. The van der Waals surface area contributed by atoms with Crippen molar-refractivity contribution >= 4 is 5.97 Å². The number of carbonyl (C=O) groups is 1. The predicted molar refractivity (Wildman–Crippen MR) is 48.7 cm³/mol. The summed E-state index contributed by atoms with van der Waals surface area (Å²) in [4.78, 5) is 11.0. The molecule has 0 radical (unpaired) electrons. The van der Waals surface area contributed by atoms with Gasteiger partial charge in [-0.25, -0.2) is 0 Å². The monoisotopic (exact) mass is 187 g/mol. The zero-order chi connectivity index (χ0) is 9.73. The molecule has 0 aromatic rings. The first-order valence-electron chi connectivity index (χ1n) is 4.77.